The molecule has 142 valence electrons. The van der Waals surface area contributed by atoms with E-state index in [2.05, 4.69) is 20.6 Å². The molecule has 0 saturated carbocycles. The lowest BCUT2D eigenvalue weighted by atomic mass is 10.2. The van der Waals surface area contributed by atoms with Crippen LogP contribution >= 0.6 is 0 Å². The van der Waals surface area contributed by atoms with Gasteiger partial charge >= 0.3 is 0 Å². The molecule has 8 nitrogen and oxygen atoms in total. The maximum atomic E-state index is 12.6. The van der Waals surface area contributed by atoms with E-state index in [1.165, 1.54) is 6.20 Å². The van der Waals surface area contributed by atoms with Gasteiger partial charge in [0.05, 0.1) is 7.11 Å². The van der Waals surface area contributed by atoms with E-state index < -0.39 is 0 Å². The Hall–Kier alpha value is -3.81. The van der Waals surface area contributed by atoms with Gasteiger partial charge in [-0.1, -0.05) is 0 Å². The molecular weight excluding hydrogens is 360 g/mol. The van der Waals surface area contributed by atoms with Crippen molar-refractivity contribution in [1.82, 2.24) is 9.97 Å². The summed E-state index contributed by atoms with van der Waals surface area (Å²) >= 11 is 0. The molecule has 1 aliphatic rings. The number of carbonyl (C=O) groups excluding carboxylic acids is 1. The minimum absolute atomic E-state index is 0.237. The molecule has 2 heterocycles. The smallest absolute Gasteiger partial charge is 0.274 e. The summed E-state index contributed by atoms with van der Waals surface area (Å²) in [4.78, 5) is 21.0. The number of hydrogen-bond acceptors (Lipinski definition) is 7. The number of amides is 1. The van der Waals surface area contributed by atoms with Crippen molar-refractivity contribution < 1.29 is 19.0 Å². The first-order chi connectivity index (χ1) is 13.7. The van der Waals surface area contributed by atoms with Crippen LogP contribution in [0.4, 0.5) is 17.3 Å². The van der Waals surface area contributed by atoms with Crippen LogP contribution in [-0.4, -0.2) is 36.2 Å². The number of aromatic nitrogens is 2. The van der Waals surface area contributed by atoms with Crippen molar-refractivity contribution in [3.8, 4) is 17.2 Å². The van der Waals surface area contributed by atoms with Gasteiger partial charge in [-0.3, -0.25) is 4.79 Å². The van der Waals surface area contributed by atoms with Gasteiger partial charge in [-0.15, -0.1) is 0 Å². The van der Waals surface area contributed by atoms with Crippen LogP contribution in [0, 0.1) is 0 Å². The number of nitrogens with one attached hydrogen (secondary N) is 2. The highest BCUT2D eigenvalue weighted by molar-refractivity contribution is 6.03. The molecule has 0 saturated heterocycles. The van der Waals surface area contributed by atoms with Gasteiger partial charge in [-0.2, -0.15) is 0 Å². The highest BCUT2D eigenvalue weighted by Crippen LogP contribution is 2.32. The van der Waals surface area contributed by atoms with Crippen LogP contribution in [0.1, 0.15) is 10.5 Å². The van der Waals surface area contributed by atoms with E-state index >= 15 is 0 Å². The first kappa shape index (κ1) is 17.6. The van der Waals surface area contributed by atoms with Crippen LogP contribution < -0.4 is 24.8 Å². The zero-order chi connectivity index (χ0) is 19.3. The van der Waals surface area contributed by atoms with E-state index in [1.807, 2.05) is 24.3 Å². The van der Waals surface area contributed by atoms with E-state index in [9.17, 15) is 4.79 Å². The minimum Gasteiger partial charge on any atom is -0.497 e. The third kappa shape index (κ3) is 3.96. The monoisotopic (exact) mass is 378 g/mol. The van der Waals surface area contributed by atoms with E-state index in [-0.39, 0.29) is 11.6 Å². The standard InChI is InChI=1S/C20H18N4O4/c1-26-15-5-2-13(3-6-15)23-20-21-9-8-16(24-20)19(25)22-14-4-7-17-18(12-14)28-11-10-27-17/h2-9,12H,10-11H2,1H3,(H,22,25)(H,21,23,24). The van der Waals surface area contributed by atoms with Gasteiger partial charge in [0.25, 0.3) is 5.91 Å². The lowest BCUT2D eigenvalue weighted by Gasteiger charge is -2.19. The molecule has 0 fully saturated rings. The maximum absolute atomic E-state index is 12.6. The van der Waals surface area contributed by atoms with Gasteiger partial charge in [0, 0.05) is 23.6 Å². The molecule has 2 aromatic carbocycles. The number of carbonyl (C=O) groups is 1. The molecule has 0 bridgehead atoms. The van der Waals surface area contributed by atoms with Crippen molar-refractivity contribution in [2.45, 2.75) is 0 Å². The van der Waals surface area contributed by atoms with E-state index in [0.29, 0.717) is 36.3 Å². The van der Waals surface area contributed by atoms with Crippen LogP contribution in [0.5, 0.6) is 17.2 Å². The number of anilines is 3. The molecule has 0 aliphatic carbocycles. The molecule has 0 unspecified atom stereocenters. The van der Waals surface area contributed by atoms with E-state index in [4.69, 9.17) is 14.2 Å². The van der Waals surface area contributed by atoms with Crippen molar-refractivity contribution in [3.63, 3.8) is 0 Å². The summed E-state index contributed by atoms with van der Waals surface area (Å²) in [7, 11) is 1.61. The second-order valence-electron chi connectivity index (χ2n) is 5.93. The van der Waals surface area contributed by atoms with Crippen molar-refractivity contribution in [3.05, 3.63) is 60.4 Å². The summed E-state index contributed by atoms with van der Waals surface area (Å²) in [6.45, 7) is 1.00. The normalized spacial score (nSPS) is 12.2. The van der Waals surface area contributed by atoms with Crippen molar-refractivity contribution in [1.29, 1.82) is 0 Å². The number of nitrogens with zero attached hydrogens (tertiary/aromatic N) is 2. The number of hydrogen-bond donors (Lipinski definition) is 2. The zero-order valence-corrected chi connectivity index (χ0v) is 15.1. The van der Waals surface area contributed by atoms with Gasteiger partial charge in [-0.05, 0) is 42.5 Å². The Bertz CT molecular complexity index is 992. The lowest BCUT2D eigenvalue weighted by Crippen LogP contribution is -2.17. The summed E-state index contributed by atoms with van der Waals surface area (Å²) in [5.41, 5.74) is 1.61. The molecule has 4 rings (SSSR count). The van der Waals surface area contributed by atoms with Crippen LogP contribution in [0.2, 0.25) is 0 Å². The predicted molar refractivity (Wildman–Crippen MR) is 104 cm³/mol. The average Bonchev–Trinajstić information content (AvgIpc) is 2.74. The summed E-state index contributed by atoms with van der Waals surface area (Å²) in [6, 6.07) is 14.1. The molecule has 1 amide bonds. The third-order valence-corrected chi connectivity index (χ3v) is 4.03. The first-order valence-electron chi connectivity index (χ1n) is 8.66. The number of fused-ring (bicyclic) bond motifs is 1. The van der Waals surface area contributed by atoms with Crippen molar-refractivity contribution in [2.24, 2.45) is 0 Å². The molecule has 0 spiro atoms. The topological polar surface area (TPSA) is 94.6 Å². The van der Waals surface area contributed by atoms with Crippen molar-refractivity contribution in [2.75, 3.05) is 31.0 Å². The Labute approximate surface area is 161 Å². The molecule has 1 aliphatic heterocycles. The Kier molecular flexibility index (Phi) is 4.92. The molecule has 1 aromatic heterocycles. The summed E-state index contributed by atoms with van der Waals surface area (Å²) in [5, 5.41) is 5.87. The van der Waals surface area contributed by atoms with Crippen LogP contribution in [0.15, 0.2) is 54.7 Å². The van der Waals surface area contributed by atoms with Gasteiger partial charge < -0.3 is 24.8 Å². The Morgan fingerprint density at radius 2 is 1.75 bits per heavy atom. The SMILES string of the molecule is COc1ccc(Nc2nccc(C(=O)Nc3ccc4c(c3)OCCO4)n2)cc1. The maximum Gasteiger partial charge on any atom is 0.274 e. The molecule has 28 heavy (non-hydrogen) atoms. The molecule has 3 aromatic rings. The minimum atomic E-state index is -0.350. The molecule has 0 atom stereocenters. The summed E-state index contributed by atoms with van der Waals surface area (Å²) in [5.74, 6) is 1.99. The van der Waals surface area contributed by atoms with Crippen LogP contribution in [0.3, 0.4) is 0 Å². The fourth-order valence-electron chi connectivity index (χ4n) is 2.67. The zero-order valence-electron chi connectivity index (χ0n) is 15.1. The lowest BCUT2D eigenvalue weighted by molar-refractivity contribution is 0.102. The third-order valence-electron chi connectivity index (χ3n) is 4.03. The highest BCUT2D eigenvalue weighted by atomic mass is 16.6. The Morgan fingerprint density at radius 1 is 1.00 bits per heavy atom. The predicted octanol–water partition coefficient (Wildman–Crippen LogP) is 3.25. The van der Waals surface area contributed by atoms with Crippen molar-refractivity contribution >= 4 is 23.2 Å². The number of rotatable bonds is 5. The fraction of sp³-hybridized carbons (Fsp3) is 0.150. The number of methoxy groups -OCH3 is 1. The molecule has 0 radical (unpaired) electrons. The van der Waals surface area contributed by atoms with Crippen LogP contribution in [-0.2, 0) is 0 Å². The van der Waals surface area contributed by atoms with Gasteiger partial charge in [-0.25, -0.2) is 9.97 Å². The Morgan fingerprint density at radius 3 is 2.54 bits per heavy atom. The van der Waals surface area contributed by atoms with Gasteiger partial charge in [0.1, 0.15) is 24.7 Å². The molecule has 8 heteroatoms. The number of benzene rings is 2. The molecule has 2 N–H and O–H groups in total. The average molecular weight is 378 g/mol. The first-order valence-corrected chi connectivity index (χ1v) is 8.66. The number of ether oxygens (including phenoxy) is 3. The van der Waals surface area contributed by atoms with E-state index in [0.717, 1.165) is 11.4 Å². The fourth-order valence-corrected chi connectivity index (χ4v) is 2.67. The van der Waals surface area contributed by atoms with Gasteiger partial charge in [0.2, 0.25) is 5.95 Å². The van der Waals surface area contributed by atoms with Crippen LogP contribution in [0.25, 0.3) is 0 Å². The molecular formula is C20H18N4O4. The van der Waals surface area contributed by atoms with Gasteiger partial charge in [0.15, 0.2) is 11.5 Å². The largest absolute Gasteiger partial charge is 0.497 e. The van der Waals surface area contributed by atoms with E-state index in [1.54, 1.807) is 31.4 Å². The quantitative estimate of drug-likeness (QED) is 0.704. The second kappa shape index (κ2) is 7.83. The second-order valence-corrected chi connectivity index (χ2v) is 5.93. The Balaban J connectivity index is 1.46. The highest BCUT2D eigenvalue weighted by Gasteiger charge is 2.14. The summed E-state index contributed by atoms with van der Waals surface area (Å²) < 4.78 is 16.1. The summed E-state index contributed by atoms with van der Waals surface area (Å²) in [6.07, 6.45) is 1.53.